The van der Waals surface area contributed by atoms with Gasteiger partial charge in [0.1, 0.15) is 5.60 Å². The van der Waals surface area contributed by atoms with Crippen molar-refractivity contribution in [2.45, 2.75) is 62.6 Å². The number of pyridine rings is 1. The number of aryl methyl sites for hydroxylation is 1. The summed E-state index contributed by atoms with van der Waals surface area (Å²) in [5.74, 6) is 0.234. The quantitative estimate of drug-likeness (QED) is 0.573. The van der Waals surface area contributed by atoms with E-state index in [2.05, 4.69) is 35.3 Å². The molecule has 4 heteroatoms. The van der Waals surface area contributed by atoms with Crippen LogP contribution in [0.4, 0.5) is 0 Å². The molecule has 4 nitrogen and oxygen atoms in total. The van der Waals surface area contributed by atoms with Gasteiger partial charge in [-0.2, -0.15) is 0 Å². The van der Waals surface area contributed by atoms with E-state index in [0.29, 0.717) is 18.5 Å². The molecule has 1 saturated carbocycles. The summed E-state index contributed by atoms with van der Waals surface area (Å²) >= 11 is 0. The van der Waals surface area contributed by atoms with Crippen LogP contribution in [0.2, 0.25) is 0 Å². The van der Waals surface area contributed by atoms with Crippen molar-refractivity contribution in [3.8, 4) is 0 Å². The second-order valence-electron chi connectivity index (χ2n) is 10.2. The number of hydrogen-bond acceptors (Lipinski definition) is 4. The lowest BCUT2D eigenvalue weighted by atomic mass is 9.48. The summed E-state index contributed by atoms with van der Waals surface area (Å²) < 4.78 is 0. The highest BCUT2D eigenvalue weighted by atomic mass is 16.4. The molecule has 5 rings (SSSR count). The third-order valence-electron chi connectivity index (χ3n) is 8.14. The summed E-state index contributed by atoms with van der Waals surface area (Å²) in [4.78, 5) is 16.5. The fourth-order valence-corrected chi connectivity index (χ4v) is 6.46. The molecule has 4 atom stereocenters. The lowest BCUT2D eigenvalue weighted by Crippen LogP contribution is -2.63. The van der Waals surface area contributed by atoms with E-state index in [1.54, 1.807) is 20.0 Å². The van der Waals surface area contributed by atoms with E-state index in [9.17, 15) is 15.0 Å². The predicted molar refractivity (Wildman–Crippen MR) is 128 cm³/mol. The largest absolute Gasteiger partial charge is 0.387 e. The Bertz CT molecular complexity index is 1170. The Morgan fingerprint density at radius 3 is 2.52 bits per heavy atom. The van der Waals surface area contributed by atoms with E-state index in [1.807, 2.05) is 36.4 Å². The molecule has 0 aliphatic heterocycles. The van der Waals surface area contributed by atoms with Crippen molar-refractivity contribution in [2.24, 2.45) is 5.92 Å². The molecule has 170 valence electrons. The maximum absolute atomic E-state index is 12.0. The molecule has 1 heterocycles. The Balaban J connectivity index is 1.66. The maximum Gasteiger partial charge on any atom is 0.159 e. The van der Waals surface area contributed by atoms with Crippen LogP contribution in [0.25, 0.3) is 0 Å². The molecule has 2 aliphatic rings. The number of hydrogen-bond donors (Lipinski definition) is 2. The zero-order valence-corrected chi connectivity index (χ0v) is 19.3. The Labute approximate surface area is 195 Å². The number of rotatable bonds is 4. The Hall–Kier alpha value is -2.82. The first-order chi connectivity index (χ1) is 15.8. The smallest absolute Gasteiger partial charge is 0.159 e. The lowest BCUT2D eigenvalue weighted by Gasteiger charge is -2.59. The van der Waals surface area contributed by atoms with Crippen LogP contribution in [0.15, 0.2) is 72.9 Å². The van der Waals surface area contributed by atoms with Crippen molar-refractivity contribution in [2.75, 3.05) is 0 Å². The molecule has 0 spiro atoms. The van der Waals surface area contributed by atoms with Crippen LogP contribution in [-0.4, -0.2) is 26.6 Å². The van der Waals surface area contributed by atoms with Gasteiger partial charge in [0.05, 0.1) is 11.3 Å². The first-order valence-electron chi connectivity index (χ1n) is 11.8. The minimum Gasteiger partial charge on any atom is -0.387 e. The molecule has 0 bridgehead atoms. The van der Waals surface area contributed by atoms with Crippen molar-refractivity contribution < 1.29 is 15.0 Å². The van der Waals surface area contributed by atoms with Gasteiger partial charge in [0.15, 0.2) is 5.78 Å². The van der Waals surface area contributed by atoms with Gasteiger partial charge >= 0.3 is 0 Å². The third-order valence-corrected chi connectivity index (χ3v) is 8.14. The molecule has 1 aromatic heterocycles. The van der Waals surface area contributed by atoms with E-state index in [0.717, 1.165) is 24.8 Å². The number of nitrogens with zero attached hydrogens (tertiary/aromatic N) is 1. The van der Waals surface area contributed by atoms with Gasteiger partial charge < -0.3 is 10.2 Å². The highest BCUT2D eigenvalue weighted by Crippen LogP contribution is 2.59. The molecular formula is C29H31NO3. The summed E-state index contributed by atoms with van der Waals surface area (Å²) in [6, 6.07) is 22.0. The zero-order valence-electron chi connectivity index (χ0n) is 19.3. The zero-order chi connectivity index (χ0) is 23.3. The van der Waals surface area contributed by atoms with Crippen LogP contribution in [0.5, 0.6) is 0 Å². The summed E-state index contributed by atoms with van der Waals surface area (Å²) in [6.07, 6.45) is 5.06. The van der Waals surface area contributed by atoms with Gasteiger partial charge in [-0.05, 0) is 86.8 Å². The fourth-order valence-electron chi connectivity index (χ4n) is 6.46. The normalized spacial score (nSPS) is 30.8. The molecule has 33 heavy (non-hydrogen) atoms. The van der Waals surface area contributed by atoms with E-state index in [1.165, 1.54) is 16.7 Å². The first-order valence-corrected chi connectivity index (χ1v) is 11.8. The fraction of sp³-hybridized carbons (Fsp3) is 0.379. The molecule has 3 aromatic rings. The number of fused-ring (bicyclic) bond motifs is 3. The average Bonchev–Trinajstić information content (AvgIpc) is 2.81. The van der Waals surface area contributed by atoms with Crippen LogP contribution >= 0.6 is 0 Å². The molecule has 2 aliphatic carbocycles. The number of aromatic nitrogens is 1. The van der Waals surface area contributed by atoms with E-state index < -0.39 is 11.2 Å². The van der Waals surface area contributed by atoms with Crippen molar-refractivity contribution in [1.29, 1.82) is 0 Å². The maximum atomic E-state index is 12.0. The van der Waals surface area contributed by atoms with E-state index >= 15 is 0 Å². The number of aliphatic hydroxyl groups is 2. The molecule has 2 N–H and O–H groups in total. The van der Waals surface area contributed by atoms with Crippen LogP contribution in [0.3, 0.4) is 0 Å². The van der Waals surface area contributed by atoms with Gasteiger partial charge in [0.2, 0.25) is 0 Å². The molecular weight excluding hydrogens is 410 g/mol. The Morgan fingerprint density at radius 1 is 1.06 bits per heavy atom. The van der Waals surface area contributed by atoms with E-state index in [4.69, 9.17) is 0 Å². The second kappa shape index (κ2) is 7.89. The molecule has 0 radical (unpaired) electrons. The topological polar surface area (TPSA) is 70.4 Å². The Kier molecular flexibility index (Phi) is 5.26. The van der Waals surface area contributed by atoms with Crippen LogP contribution in [0.1, 0.15) is 65.9 Å². The minimum atomic E-state index is -1.42. The van der Waals surface area contributed by atoms with Crippen molar-refractivity contribution in [3.63, 3.8) is 0 Å². The monoisotopic (exact) mass is 441 g/mol. The van der Waals surface area contributed by atoms with Crippen LogP contribution in [0, 0.1) is 5.92 Å². The van der Waals surface area contributed by atoms with Crippen LogP contribution in [-0.2, 0) is 23.9 Å². The van der Waals surface area contributed by atoms with Gasteiger partial charge in [0, 0.05) is 17.2 Å². The number of Topliss-reactive ketones (excluding diaryl/α,β-unsaturated/α-hetero) is 1. The van der Waals surface area contributed by atoms with Gasteiger partial charge in [-0.1, -0.05) is 48.5 Å². The highest BCUT2D eigenvalue weighted by Gasteiger charge is 2.62. The van der Waals surface area contributed by atoms with Crippen molar-refractivity contribution in [1.82, 2.24) is 4.98 Å². The third kappa shape index (κ3) is 3.53. The number of ketones is 1. The lowest BCUT2D eigenvalue weighted by molar-refractivity contribution is -0.206. The second-order valence-corrected chi connectivity index (χ2v) is 10.2. The highest BCUT2D eigenvalue weighted by molar-refractivity contribution is 5.94. The van der Waals surface area contributed by atoms with Gasteiger partial charge in [0.25, 0.3) is 0 Å². The molecule has 0 amide bonds. The van der Waals surface area contributed by atoms with E-state index in [-0.39, 0.29) is 17.1 Å². The number of benzene rings is 2. The van der Waals surface area contributed by atoms with Crippen LogP contribution < -0.4 is 0 Å². The Morgan fingerprint density at radius 2 is 1.82 bits per heavy atom. The first kappa shape index (κ1) is 22.0. The molecule has 2 aromatic carbocycles. The summed E-state index contributed by atoms with van der Waals surface area (Å²) in [7, 11) is 0. The van der Waals surface area contributed by atoms with Gasteiger partial charge in [-0.3, -0.25) is 9.78 Å². The SMILES string of the molecule is CC(=O)c1ccc2c(c1)CC[C@@H]1C[C@@](O)(c3ccccn3)[C@](C)(O)C[C@@]21Cc1ccccc1. The summed E-state index contributed by atoms with van der Waals surface area (Å²) in [6.45, 7) is 3.36. The standard InChI is InChI=1S/C29H31NO3/c1-20(31)22-12-14-25-23(16-22)11-13-24-18-29(33,26-10-6-7-15-30-26)27(2,32)19-28(24,25)17-21-8-4-3-5-9-21/h3-10,12,14-16,24,32-33H,11,13,17-19H2,1-2H3/t24-,27-,28-,29-/m1/s1. The van der Waals surface area contributed by atoms with Gasteiger partial charge in [-0.25, -0.2) is 0 Å². The summed E-state index contributed by atoms with van der Waals surface area (Å²) in [5, 5.41) is 23.8. The molecule has 1 fully saturated rings. The van der Waals surface area contributed by atoms with Crippen molar-refractivity contribution in [3.05, 3.63) is 101 Å². The predicted octanol–water partition coefficient (Wildman–Crippen LogP) is 4.76. The number of carbonyl (C=O) groups is 1. The number of carbonyl (C=O) groups excluding carboxylic acids is 1. The van der Waals surface area contributed by atoms with Crippen molar-refractivity contribution >= 4 is 5.78 Å². The summed E-state index contributed by atoms with van der Waals surface area (Å²) in [5.41, 5.74) is 1.73. The molecule has 0 saturated heterocycles. The molecule has 0 unspecified atom stereocenters. The average molecular weight is 442 g/mol. The minimum absolute atomic E-state index is 0.0669. The van der Waals surface area contributed by atoms with Gasteiger partial charge in [-0.15, -0.1) is 0 Å².